The third-order valence-electron chi connectivity index (χ3n) is 2.04. The van der Waals surface area contributed by atoms with Crippen molar-refractivity contribution >= 4 is 16.5 Å². The van der Waals surface area contributed by atoms with Crippen molar-refractivity contribution in [3.05, 3.63) is 29.0 Å². The predicted octanol–water partition coefficient (Wildman–Crippen LogP) is 1.69. The summed E-state index contributed by atoms with van der Waals surface area (Å²) in [6.07, 6.45) is 1.87. The molecule has 2 aromatic heterocycles. The second-order valence-electron chi connectivity index (χ2n) is 3.16. The maximum atomic E-state index is 8.86. The van der Waals surface area contributed by atoms with Crippen LogP contribution in [0.5, 0.6) is 0 Å². The van der Waals surface area contributed by atoms with Crippen LogP contribution < -0.4 is 5.32 Å². The molecule has 0 aromatic carbocycles. The Morgan fingerprint density at radius 1 is 1.56 bits per heavy atom. The lowest BCUT2D eigenvalue weighted by Crippen LogP contribution is -1.99. The summed E-state index contributed by atoms with van der Waals surface area (Å²) in [7, 11) is 0. The third-order valence-corrected chi connectivity index (χ3v) is 2.91. The smallest absolute Gasteiger partial charge is 0.205 e. The zero-order chi connectivity index (χ0) is 11.4. The Hall–Kier alpha value is -1.87. The van der Waals surface area contributed by atoms with E-state index in [2.05, 4.69) is 21.6 Å². The van der Waals surface area contributed by atoms with E-state index < -0.39 is 0 Å². The number of rotatable bonds is 4. The van der Waals surface area contributed by atoms with Crippen LogP contribution in [-0.2, 0) is 6.54 Å². The maximum Gasteiger partial charge on any atom is 0.205 e. The van der Waals surface area contributed by atoms with E-state index in [-0.39, 0.29) is 0 Å². The van der Waals surface area contributed by atoms with Gasteiger partial charge >= 0.3 is 0 Å². The van der Waals surface area contributed by atoms with Crippen LogP contribution >= 0.6 is 11.3 Å². The highest BCUT2D eigenvalue weighted by Crippen LogP contribution is 2.16. The molecule has 0 atom stereocenters. The fourth-order valence-corrected chi connectivity index (χ4v) is 2.15. The average Bonchev–Trinajstić information content (AvgIpc) is 2.89. The Labute approximate surface area is 97.4 Å². The van der Waals surface area contributed by atoms with Crippen LogP contribution in [0.1, 0.15) is 17.6 Å². The summed E-state index contributed by atoms with van der Waals surface area (Å²) in [6, 6.07) is 5.77. The van der Waals surface area contributed by atoms with Gasteiger partial charge in [-0.1, -0.05) is 11.3 Å². The molecule has 0 saturated carbocycles. The van der Waals surface area contributed by atoms with E-state index in [1.54, 1.807) is 6.07 Å². The first kappa shape index (κ1) is 10.6. The quantitative estimate of drug-likeness (QED) is 0.872. The first-order chi connectivity index (χ1) is 7.83. The summed E-state index contributed by atoms with van der Waals surface area (Å²) in [6.45, 7) is 3.45. The van der Waals surface area contributed by atoms with Crippen LogP contribution in [0.2, 0.25) is 0 Å². The van der Waals surface area contributed by atoms with Gasteiger partial charge in [-0.25, -0.2) is 0 Å². The van der Waals surface area contributed by atoms with E-state index >= 15 is 0 Å². The standard InChI is InChI=1S/C10H11N5S/c1-2-12-10-14-13-9(16-10)7-15-5-3-4-8(15)6-11/h3-5H,2,7H2,1H3,(H,12,14). The van der Waals surface area contributed by atoms with Gasteiger partial charge in [-0.3, -0.25) is 0 Å². The number of anilines is 1. The molecule has 2 aromatic rings. The number of aromatic nitrogens is 3. The Morgan fingerprint density at radius 3 is 3.19 bits per heavy atom. The predicted molar refractivity (Wildman–Crippen MR) is 62.3 cm³/mol. The van der Waals surface area contributed by atoms with Crippen LogP contribution in [0.15, 0.2) is 18.3 Å². The zero-order valence-corrected chi connectivity index (χ0v) is 9.66. The molecular weight excluding hydrogens is 222 g/mol. The van der Waals surface area contributed by atoms with Gasteiger partial charge in [0.2, 0.25) is 5.13 Å². The molecule has 0 bridgehead atoms. The molecule has 0 aliphatic carbocycles. The lowest BCUT2D eigenvalue weighted by molar-refractivity contribution is 0.773. The number of hydrogen-bond acceptors (Lipinski definition) is 5. The topological polar surface area (TPSA) is 66.5 Å². The summed E-state index contributed by atoms with van der Waals surface area (Å²) < 4.78 is 1.86. The minimum Gasteiger partial charge on any atom is -0.360 e. The van der Waals surface area contributed by atoms with Crippen molar-refractivity contribution in [3.8, 4) is 6.07 Å². The SMILES string of the molecule is CCNc1nnc(Cn2cccc2C#N)s1. The first-order valence-electron chi connectivity index (χ1n) is 4.95. The fourth-order valence-electron chi connectivity index (χ4n) is 1.34. The second-order valence-corrected chi connectivity index (χ2v) is 4.23. The summed E-state index contributed by atoms with van der Waals surface area (Å²) in [5.74, 6) is 0. The zero-order valence-electron chi connectivity index (χ0n) is 8.84. The van der Waals surface area contributed by atoms with Crippen LogP contribution in [0.4, 0.5) is 5.13 Å². The summed E-state index contributed by atoms with van der Waals surface area (Å²) >= 11 is 1.51. The van der Waals surface area contributed by atoms with Crippen molar-refractivity contribution in [1.82, 2.24) is 14.8 Å². The third kappa shape index (κ3) is 2.20. The fraction of sp³-hybridized carbons (Fsp3) is 0.300. The second kappa shape index (κ2) is 4.77. The van der Waals surface area contributed by atoms with E-state index in [0.29, 0.717) is 12.2 Å². The summed E-state index contributed by atoms with van der Waals surface area (Å²) in [5, 5.41) is 21.7. The van der Waals surface area contributed by atoms with Crippen molar-refractivity contribution in [1.29, 1.82) is 5.26 Å². The molecule has 16 heavy (non-hydrogen) atoms. The largest absolute Gasteiger partial charge is 0.360 e. The van der Waals surface area contributed by atoms with E-state index in [1.165, 1.54) is 11.3 Å². The van der Waals surface area contributed by atoms with Crippen LogP contribution in [0, 0.1) is 11.3 Å². The Kier molecular flexibility index (Phi) is 3.17. The highest BCUT2D eigenvalue weighted by molar-refractivity contribution is 7.15. The van der Waals surface area contributed by atoms with Gasteiger partial charge in [-0.05, 0) is 19.1 Å². The van der Waals surface area contributed by atoms with Crippen molar-refractivity contribution < 1.29 is 0 Å². The highest BCUT2D eigenvalue weighted by Gasteiger charge is 2.06. The Morgan fingerprint density at radius 2 is 2.44 bits per heavy atom. The molecule has 82 valence electrons. The van der Waals surface area contributed by atoms with Crippen LogP contribution in [0.3, 0.4) is 0 Å². The van der Waals surface area contributed by atoms with Crippen molar-refractivity contribution in [2.45, 2.75) is 13.5 Å². The van der Waals surface area contributed by atoms with Crippen LogP contribution in [0.25, 0.3) is 0 Å². The van der Waals surface area contributed by atoms with Crippen molar-refractivity contribution in [2.75, 3.05) is 11.9 Å². The number of nitrogens with zero attached hydrogens (tertiary/aromatic N) is 4. The van der Waals surface area contributed by atoms with Gasteiger partial charge in [0.1, 0.15) is 16.8 Å². The summed E-state index contributed by atoms with van der Waals surface area (Å²) in [4.78, 5) is 0. The van der Waals surface area contributed by atoms with Gasteiger partial charge in [0.15, 0.2) is 0 Å². The lowest BCUT2D eigenvalue weighted by Gasteiger charge is -1.99. The Bertz CT molecular complexity index is 507. The molecule has 0 amide bonds. The first-order valence-corrected chi connectivity index (χ1v) is 5.76. The molecule has 0 saturated heterocycles. The molecule has 0 spiro atoms. The average molecular weight is 233 g/mol. The number of nitrogens with one attached hydrogen (secondary N) is 1. The van der Waals surface area contributed by atoms with E-state index in [4.69, 9.17) is 5.26 Å². The molecule has 2 heterocycles. The van der Waals surface area contributed by atoms with Gasteiger partial charge in [-0.2, -0.15) is 5.26 Å². The maximum absolute atomic E-state index is 8.86. The molecular formula is C10H11N5S. The Balaban J connectivity index is 2.12. The minimum atomic E-state index is 0.596. The molecule has 6 heteroatoms. The monoisotopic (exact) mass is 233 g/mol. The molecule has 1 N–H and O–H groups in total. The van der Waals surface area contributed by atoms with Gasteiger partial charge < -0.3 is 9.88 Å². The van der Waals surface area contributed by atoms with Gasteiger partial charge in [0.05, 0.1) is 6.54 Å². The van der Waals surface area contributed by atoms with Crippen LogP contribution in [-0.4, -0.2) is 21.3 Å². The van der Waals surface area contributed by atoms with Crippen molar-refractivity contribution in [2.24, 2.45) is 0 Å². The minimum absolute atomic E-state index is 0.596. The molecule has 0 radical (unpaired) electrons. The van der Waals surface area contributed by atoms with E-state index in [9.17, 15) is 0 Å². The van der Waals surface area contributed by atoms with Gasteiger partial charge in [0, 0.05) is 12.7 Å². The highest BCUT2D eigenvalue weighted by atomic mass is 32.1. The number of hydrogen-bond donors (Lipinski definition) is 1. The molecule has 0 unspecified atom stereocenters. The lowest BCUT2D eigenvalue weighted by atomic mass is 10.5. The van der Waals surface area contributed by atoms with E-state index in [0.717, 1.165) is 16.7 Å². The number of nitriles is 1. The normalized spacial score (nSPS) is 10.0. The van der Waals surface area contributed by atoms with E-state index in [1.807, 2.05) is 23.8 Å². The molecule has 2 rings (SSSR count). The molecule has 0 fully saturated rings. The summed E-state index contributed by atoms with van der Waals surface area (Å²) in [5.41, 5.74) is 0.639. The molecule has 0 aliphatic heterocycles. The molecule has 5 nitrogen and oxygen atoms in total. The molecule has 0 aliphatic rings. The van der Waals surface area contributed by atoms with Crippen molar-refractivity contribution in [3.63, 3.8) is 0 Å². The van der Waals surface area contributed by atoms with Gasteiger partial charge in [-0.15, -0.1) is 10.2 Å². The van der Waals surface area contributed by atoms with Gasteiger partial charge in [0.25, 0.3) is 0 Å².